The Balaban J connectivity index is 1.01. The van der Waals surface area contributed by atoms with Crippen LogP contribution in [-0.4, -0.2) is 79.0 Å². The first kappa shape index (κ1) is 38.0. The summed E-state index contributed by atoms with van der Waals surface area (Å²) < 4.78 is 18.2. The lowest BCUT2D eigenvalue weighted by Crippen LogP contribution is -2.57. The van der Waals surface area contributed by atoms with E-state index < -0.39 is 23.8 Å². The number of nitrogens with one attached hydrogen (secondary N) is 3. The van der Waals surface area contributed by atoms with Crippen molar-refractivity contribution in [1.29, 1.82) is 0 Å². The van der Waals surface area contributed by atoms with Crippen LogP contribution in [0.5, 0.6) is 0 Å². The van der Waals surface area contributed by atoms with Crippen molar-refractivity contribution < 1.29 is 33.7 Å². The number of para-hydroxylation sites is 1. The fourth-order valence-corrected chi connectivity index (χ4v) is 7.76. The molecule has 0 radical (unpaired) electrons. The van der Waals surface area contributed by atoms with Crippen LogP contribution in [0.1, 0.15) is 60.8 Å². The largest absolute Gasteiger partial charge is 0.465 e. The number of urea groups is 1. The molecule has 0 saturated carbocycles. The van der Waals surface area contributed by atoms with Crippen LogP contribution < -0.4 is 20.9 Å². The van der Waals surface area contributed by atoms with Crippen LogP contribution in [0, 0.1) is 0 Å². The number of ether oxygens (including phenoxy) is 3. The van der Waals surface area contributed by atoms with E-state index in [0.29, 0.717) is 26.2 Å². The topological polar surface area (TPSA) is 142 Å². The summed E-state index contributed by atoms with van der Waals surface area (Å²) in [7, 11) is 0. The van der Waals surface area contributed by atoms with Gasteiger partial charge in [0.2, 0.25) is 5.91 Å². The molecular formula is C43H49N5O7. The van der Waals surface area contributed by atoms with E-state index in [2.05, 4.69) is 37.9 Å². The van der Waals surface area contributed by atoms with Gasteiger partial charge in [-0.15, -0.1) is 0 Å². The highest BCUT2D eigenvalue weighted by atomic mass is 16.7. The van der Waals surface area contributed by atoms with Gasteiger partial charge in [0.25, 0.3) is 0 Å². The summed E-state index contributed by atoms with van der Waals surface area (Å²) in [6.45, 7) is 4.85. The second-order valence-corrected chi connectivity index (χ2v) is 14.3. The summed E-state index contributed by atoms with van der Waals surface area (Å²) in [4.78, 5) is 41.6. The van der Waals surface area contributed by atoms with Crippen molar-refractivity contribution in [1.82, 2.24) is 20.9 Å². The fourth-order valence-electron chi connectivity index (χ4n) is 7.76. The summed E-state index contributed by atoms with van der Waals surface area (Å²) in [5, 5.41) is 18.0. The fraction of sp³-hybridized carbons (Fsp3) is 0.372. The molecule has 3 aliphatic heterocycles. The van der Waals surface area contributed by atoms with E-state index in [0.717, 1.165) is 65.0 Å². The smallest absolute Gasteiger partial charge is 0.325 e. The third-order valence-corrected chi connectivity index (χ3v) is 10.8. The van der Waals surface area contributed by atoms with Gasteiger partial charge in [-0.3, -0.25) is 9.59 Å². The number of anilines is 1. The molecule has 0 aromatic heterocycles. The molecule has 3 unspecified atom stereocenters. The highest BCUT2D eigenvalue weighted by Gasteiger charge is 2.50. The lowest BCUT2D eigenvalue weighted by molar-refractivity contribution is -0.253. The maximum Gasteiger partial charge on any atom is 0.325 e. The third-order valence-electron chi connectivity index (χ3n) is 10.8. The summed E-state index contributed by atoms with van der Waals surface area (Å²) in [6.07, 6.45) is 1.22. The number of carbonyl (C=O) groups is 3. The molecule has 55 heavy (non-hydrogen) atoms. The minimum absolute atomic E-state index is 0.0193. The third kappa shape index (κ3) is 9.00. The van der Waals surface area contributed by atoms with Gasteiger partial charge in [0, 0.05) is 43.9 Å². The molecule has 3 saturated heterocycles. The molecule has 3 fully saturated rings. The van der Waals surface area contributed by atoms with Gasteiger partial charge in [-0.25, -0.2) is 4.79 Å². The number of hydrogen-bond donors (Lipinski definition) is 4. The number of likely N-dealkylation sites (tertiary alicyclic amines) is 1. The number of piperidine rings is 1. The number of benzene rings is 4. The zero-order chi connectivity index (χ0) is 38.2. The van der Waals surface area contributed by atoms with E-state index in [-0.39, 0.29) is 37.9 Å². The van der Waals surface area contributed by atoms with Crippen LogP contribution in [0.25, 0.3) is 11.1 Å². The predicted octanol–water partition coefficient (Wildman–Crippen LogP) is 5.18. The van der Waals surface area contributed by atoms with E-state index in [9.17, 15) is 19.5 Å². The van der Waals surface area contributed by atoms with Crippen molar-refractivity contribution in [2.45, 2.75) is 63.4 Å². The quantitative estimate of drug-likeness (QED) is 0.144. The monoisotopic (exact) mass is 747 g/mol. The average molecular weight is 748 g/mol. The Hall–Kier alpha value is -5.27. The first-order valence-corrected chi connectivity index (χ1v) is 19.0. The Bertz CT molecular complexity index is 1920. The number of rotatable bonds is 12. The average Bonchev–Trinajstić information content (AvgIpc) is 3.54. The number of nitrogens with zero attached hydrogens (tertiary/aromatic N) is 2. The van der Waals surface area contributed by atoms with Gasteiger partial charge in [-0.1, -0.05) is 84.9 Å². The summed E-state index contributed by atoms with van der Waals surface area (Å²) in [5.74, 6) is -0.381. The van der Waals surface area contributed by atoms with Gasteiger partial charge in [0.05, 0.1) is 32.1 Å². The number of carbonyl (C=O) groups excluding carboxylic acids is 3. The Morgan fingerprint density at radius 1 is 0.873 bits per heavy atom. The van der Waals surface area contributed by atoms with E-state index in [1.807, 2.05) is 91.0 Å². The van der Waals surface area contributed by atoms with Crippen LogP contribution in [0.4, 0.5) is 10.5 Å². The van der Waals surface area contributed by atoms with Crippen molar-refractivity contribution in [2.24, 2.45) is 0 Å². The van der Waals surface area contributed by atoms with Crippen molar-refractivity contribution in [3.8, 4) is 11.1 Å². The van der Waals surface area contributed by atoms with E-state index in [1.54, 1.807) is 6.92 Å². The predicted molar refractivity (Wildman–Crippen MR) is 208 cm³/mol. The lowest BCUT2D eigenvalue weighted by atomic mass is 9.85. The first-order valence-electron chi connectivity index (χ1n) is 19.0. The SMILES string of the molecule is CCOC(=O)CNC(=O)NCc1cccc(-c2ccc(C3OC(CN4CCC5(CC4)C(=O)NCN5c4ccccc4)CC(c4ccc(CO)cc4)O3)cc2)c1. The molecule has 3 aliphatic rings. The van der Waals surface area contributed by atoms with Crippen LogP contribution in [0.2, 0.25) is 0 Å². The van der Waals surface area contributed by atoms with Gasteiger partial charge < -0.3 is 45.1 Å². The Labute approximate surface area is 321 Å². The van der Waals surface area contributed by atoms with E-state index >= 15 is 0 Å². The van der Waals surface area contributed by atoms with Crippen molar-refractivity contribution in [2.75, 3.05) is 44.4 Å². The maximum absolute atomic E-state index is 13.3. The molecule has 1 spiro atoms. The molecule has 3 amide bonds. The van der Waals surface area contributed by atoms with Gasteiger partial charge in [-0.2, -0.15) is 0 Å². The highest BCUT2D eigenvalue weighted by Crippen LogP contribution is 2.40. The molecule has 4 aromatic carbocycles. The first-order chi connectivity index (χ1) is 26.8. The lowest BCUT2D eigenvalue weighted by Gasteiger charge is -2.45. The van der Waals surface area contributed by atoms with Crippen LogP contribution in [0.15, 0.2) is 103 Å². The molecule has 12 heteroatoms. The van der Waals surface area contributed by atoms with Gasteiger partial charge >= 0.3 is 12.0 Å². The minimum atomic E-state index is -0.593. The van der Waals surface area contributed by atoms with Crippen molar-refractivity contribution >= 4 is 23.6 Å². The zero-order valence-electron chi connectivity index (χ0n) is 31.1. The maximum atomic E-state index is 13.3. The molecule has 12 nitrogen and oxygen atoms in total. The molecule has 7 rings (SSSR count). The summed E-state index contributed by atoms with van der Waals surface area (Å²) in [6, 6.07) is 33.7. The van der Waals surface area contributed by atoms with Crippen molar-refractivity contribution in [3.63, 3.8) is 0 Å². The van der Waals surface area contributed by atoms with Crippen LogP contribution in [0.3, 0.4) is 0 Å². The summed E-state index contributed by atoms with van der Waals surface area (Å²) in [5.41, 5.74) is 6.20. The normalized spacial score (nSPS) is 20.9. The number of esters is 1. The van der Waals surface area contributed by atoms with E-state index in [4.69, 9.17) is 14.2 Å². The van der Waals surface area contributed by atoms with Gasteiger partial charge in [-0.05, 0) is 65.8 Å². The highest BCUT2D eigenvalue weighted by molar-refractivity contribution is 5.93. The Morgan fingerprint density at radius 2 is 1.62 bits per heavy atom. The zero-order valence-corrected chi connectivity index (χ0v) is 31.1. The number of amides is 3. The molecule has 0 bridgehead atoms. The molecule has 4 N–H and O–H groups in total. The van der Waals surface area contributed by atoms with Crippen LogP contribution in [-0.2, 0) is 37.0 Å². The van der Waals surface area contributed by atoms with Crippen molar-refractivity contribution in [3.05, 3.63) is 125 Å². The van der Waals surface area contributed by atoms with E-state index in [1.165, 1.54) is 0 Å². The van der Waals surface area contributed by atoms with Crippen LogP contribution >= 0.6 is 0 Å². The minimum Gasteiger partial charge on any atom is -0.465 e. The molecular weight excluding hydrogens is 699 g/mol. The molecule has 288 valence electrons. The van der Waals surface area contributed by atoms with Gasteiger partial charge in [0.15, 0.2) is 6.29 Å². The van der Waals surface area contributed by atoms with Gasteiger partial charge in [0.1, 0.15) is 12.1 Å². The number of aliphatic hydroxyl groups is 1. The second kappa shape index (κ2) is 17.5. The number of aliphatic hydroxyl groups excluding tert-OH is 1. The Morgan fingerprint density at radius 3 is 2.35 bits per heavy atom. The standard InChI is InChI=1S/C43H49N5O7/c1-2-53-39(50)26-45-42(52)44-25-31-7-6-8-35(23-31)32-15-17-34(18-16-32)40-54-37(24-38(55-40)33-13-11-30(28-49)12-14-33)27-47-21-19-43(20-22-47)41(51)46-29-48(43)36-9-4-3-5-10-36/h3-18,23,37-38,40,49H,2,19-22,24-29H2,1H3,(H,46,51)(H2,44,45,52). The molecule has 3 atom stereocenters. The molecule has 0 aliphatic carbocycles. The Kier molecular flexibility index (Phi) is 12.1. The molecule has 3 heterocycles. The number of hydrogen-bond acceptors (Lipinski definition) is 9. The summed E-state index contributed by atoms with van der Waals surface area (Å²) >= 11 is 0. The second-order valence-electron chi connectivity index (χ2n) is 14.3. The molecule has 4 aromatic rings.